The Morgan fingerprint density at radius 3 is 2.71 bits per heavy atom. The third-order valence-electron chi connectivity index (χ3n) is 2.93. The molecule has 6 nitrogen and oxygen atoms in total. The number of hydrogen-bond donors (Lipinski definition) is 3. The van der Waals surface area contributed by atoms with Crippen molar-refractivity contribution in [3.8, 4) is 0 Å². The lowest BCUT2D eigenvalue weighted by Crippen LogP contribution is -2.29. The number of amides is 1. The Balaban J connectivity index is 2.24. The lowest BCUT2D eigenvalue weighted by molar-refractivity contribution is -0.119. The molecule has 0 aliphatic heterocycles. The molecule has 6 heteroatoms. The van der Waals surface area contributed by atoms with Crippen LogP contribution in [0.1, 0.15) is 20.3 Å². The van der Waals surface area contributed by atoms with Crippen molar-refractivity contribution in [2.24, 2.45) is 0 Å². The van der Waals surface area contributed by atoms with Crippen LogP contribution in [0.5, 0.6) is 0 Å². The number of para-hydroxylation sites is 1. The largest absolute Gasteiger partial charge is 0.360 e. The molecule has 0 bridgehead atoms. The van der Waals surface area contributed by atoms with Crippen LogP contribution in [0.3, 0.4) is 0 Å². The van der Waals surface area contributed by atoms with Crippen LogP contribution in [0.15, 0.2) is 24.3 Å². The fourth-order valence-electron chi connectivity index (χ4n) is 1.95. The molecule has 2 aromatic rings. The maximum atomic E-state index is 11.6. The lowest BCUT2D eigenvalue weighted by Gasteiger charge is -2.11. The van der Waals surface area contributed by atoms with Gasteiger partial charge in [-0.2, -0.15) is 4.98 Å². The number of likely N-dealkylation sites (N-methyl/N-ethyl adjacent to an activating group) is 1. The molecule has 0 aliphatic carbocycles. The van der Waals surface area contributed by atoms with E-state index in [9.17, 15) is 4.79 Å². The minimum absolute atomic E-state index is 0.0525. The van der Waals surface area contributed by atoms with Gasteiger partial charge >= 0.3 is 0 Å². The summed E-state index contributed by atoms with van der Waals surface area (Å²) >= 11 is 0. The van der Waals surface area contributed by atoms with Crippen LogP contribution in [0.4, 0.5) is 11.8 Å². The quantitative estimate of drug-likeness (QED) is 0.726. The molecule has 0 fully saturated rings. The average molecular weight is 287 g/mol. The molecule has 21 heavy (non-hydrogen) atoms. The Labute approximate surface area is 124 Å². The summed E-state index contributed by atoms with van der Waals surface area (Å²) < 4.78 is 0. The van der Waals surface area contributed by atoms with Crippen LogP contribution in [0.2, 0.25) is 0 Å². The molecular weight excluding hydrogens is 266 g/mol. The van der Waals surface area contributed by atoms with Crippen molar-refractivity contribution in [2.45, 2.75) is 20.3 Å². The standard InChI is InChI=1S/C15H21N5O/c1-3-9-17-15-19-12-8-6-5-7-11(12)14(20-15)18-10-13(21)16-4-2/h5-8H,3-4,9-10H2,1-2H3,(H,16,21)(H2,17,18,19,20). The minimum atomic E-state index is -0.0525. The van der Waals surface area contributed by atoms with Gasteiger partial charge in [0, 0.05) is 18.5 Å². The zero-order chi connectivity index (χ0) is 15.1. The SMILES string of the molecule is CCCNc1nc(NCC(=O)NCC)c2ccccc2n1. The van der Waals surface area contributed by atoms with Gasteiger partial charge in [0.1, 0.15) is 5.82 Å². The van der Waals surface area contributed by atoms with Gasteiger partial charge in [-0.3, -0.25) is 4.79 Å². The number of hydrogen-bond acceptors (Lipinski definition) is 5. The number of benzene rings is 1. The van der Waals surface area contributed by atoms with E-state index >= 15 is 0 Å². The third kappa shape index (κ3) is 4.05. The first-order valence-corrected chi connectivity index (χ1v) is 7.25. The fraction of sp³-hybridized carbons (Fsp3) is 0.400. The number of aromatic nitrogens is 2. The normalized spacial score (nSPS) is 10.4. The highest BCUT2D eigenvalue weighted by Gasteiger charge is 2.08. The smallest absolute Gasteiger partial charge is 0.239 e. The number of carbonyl (C=O) groups is 1. The second kappa shape index (κ2) is 7.42. The molecule has 0 saturated heterocycles. The predicted molar refractivity (Wildman–Crippen MR) is 85.5 cm³/mol. The zero-order valence-corrected chi connectivity index (χ0v) is 12.4. The van der Waals surface area contributed by atoms with Gasteiger partial charge in [-0.15, -0.1) is 0 Å². The van der Waals surface area contributed by atoms with Gasteiger partial charge in [0.05, 0.1) is 12.1 Å². The molecule has 3 N–H and O–H groups in total. The van der Waals surface area contributed by atoms with Crippen LogP contribution >= 0.6 is 0 Å². The van der Waals surface area contributed by atoms with E-state index in [0.717, 1.165) is 23.9 Å². The van der Waals surface area contributed by atoms with Crippen LogP contribution in [-0.4, -0.2) is 35.5 Å². The first kappa shape index (κ1) is 15.0. The first-order valence-electron chi connectivity index (χ1n) is 7.25. The minimum Gasteiger partial charge on any atom is -0.360 e. The van der Waals surface area contributed by atoms with E-state index in [1.807, 2.05) is 31.2 Å². The van der Waals surface area contributed by atoms with Crippen molar-refractivity contribution >= 4 is 28.6 Å². The first-order chi connectivity index (χ1) is 10.2. The van der Waals surface area contributed by atoms with Crippen molar-refractivity contribution in [3.63, 3.8) is 0 Å². The van der Waals surface area contributed by atoms with Gasteiger partial charge in [0.2, 0.25) is 11.9 Å². The van der Waals surface area contributed by atoms with Gasteiger partial charge in [0.25, 0.3) is 0 Å². The van der Waals surface area contributed by atoms with E-state index < -0.39 is 0 Å². The summed E-state index contributed by atoms with van der Waals surface area (Å²) in [5, 5.41) is 9.92. The Morgan fingerprint density at radius 1 is 1.14 bits per heavy atom. The summed E-state index contributed by atoms with van der Waals surface area (Å²) in [6, 6.07) is 7.75. The van der Waals surface area contributed by atoms with Crippen molar-refractivity contribution in [3.05, 3.63) is 24.3 Å². The molecule has 1 heterocycles. The van der Waals surface area contributed by atoms with E-state index in [4.69, 9.17) is 0 Å². The summed E-state index contributed by atoms with van der Waals surface area (Å²) in [5.41, 5.74) is 0.851. The highest BCUT2D eigenvalue weighted by molar-refractivity contribution is 5.91. The molecule has 112 valence electrons. The number of fused-ring (bicyclic) bond motifs is 1. The molecule has 0 spiro atoms. The van der Waals surface area contributed by atoms with Crippen molar-refractivity contribution in [1.82, 2.24) is 15.3 Å². The Bertz CT molecular complexity index is 614. The van der Waals surface area contributed by atoms with Gasteiger partial charge in [-0.1, -0.05) is 19.1 Å². The van der Waals surface area contributed by atoms with Gasteiger partial charge in [0.15, 0.2) is 0 Å². The van der Waals surface area contributed by atoms with E-state index in [0.29, 0.717) is 18.3 Å². The molecule has 0 saturated carbocycles. The number of rotatable bonds is 7. The maximum absolute atomic E-state index is 11.6. The Hall–Kier alpha value is -2.37. The summed E-state index contributed by atoms with van der Waals surface area (Å²) in [7, 11) is 0. The van der Waals surface area contributed by atoms with E-state index in [2.05, 4.69) is 32.8 Å². The molecule has 0 aliphatic rings. The monoisotopic (exact) mass is 287 g/mol. The molecule has 1 aromatic carbocycles. The average Bonchev–Trinajstić information content (AvgIpc) is 2.51. The van der Waals surface area contributed by atoms with Crippen LogP contribution in [0, 0.1) is 0 Å². The zero-order valence-electron chi connectivity index (χ0n) is 12.4. The van der Waals surface area contributed by atoms with Crippen molar-refractivity contribution < 1.29 is 4.79 Å². The topological polar surface area (TPSA) is 78.9 Å². The molecule has 0 unspecified atom stereocenters. The van der Waals surface area contributed by atoms with Gasteiger partial charge in [-0.25, -0.2) is 4.98 Å². The second-order valence-corrected chi connectivity index (χ2v) is 4.65. The van der Waals surface area contributed by atoms with Gasteiger partial charge in [-0.05, 0) is 25.5 Å². The number of carbonyl (C=O) groups excluding carboxylic acids is 1. The summed E-state index contributed by atoms with van der Waals surface area (Å²) in [6.07, 6.45) is 0.998. The Morgan fingerprint density at radius 2 is 1.95 bits per heavy atom. The van der Waals surface area contributed by atoms with Crippen molar-refractivity contribution in [2.75, 3.05) is 30.3 Å². The maximum Gasteiger partial charge on any atom is 0.239 e. The Kier molecular flexibility index (Phi) is 5.31. The molecule has 2 rings (SSSR count). The molecule has 1 amide bonds. The summed E-state index contributed by atoms with van der Waals surface area (Å²) in [6.45, 7) is 5.61. The highest BCUT2D eigenvalue weighted by atomic mass is 16.1. The third-order valence-corrected chi connectivity index (χ3v) is 2.93. The molecule has 0 radical (unpaired) electrons. The second-order valence-electron chi connectivity index (χ2n) is 4.65. The number of anilines is 2. The fourth-order valence-corrected chi connectivity index (χ4v) is 1.95. The molecule has 0 atom stereocenters. The van der Waals surface area contributed by atoms with Crippen LogP contribution in [0.25, 0.3) is 10.9 Å². The van der Waals surface area contributed by atoms with Crippen LogP contribution in [-0.2, 0) is 4.79 Å². The number of nitrogens with zero attached hydrogens (tertiary/aromatic N) is 2. The van der Waals surface area contributed by atoms with E-state index in [-0.39, 0.29) is 12.5 Å². The predicted octanol–water partition coefficient (Wildman–Crippen LogP) is 2.00. The van der Waals surface area contributed by atoms with Crippen molar-refractivity contribution in [1.29, 1.82) is 0 Å². The van der Waals surface area contributed by atoms with Gasteiger partial charge < -0.3 is 16.0 Å². The molecule has 1 aromatic heterocycles. The summed E-state index contributed by atoms with van der Waals surface area (Å²) in [4.78, 5) is 20.5. The molecular formula is C15H21N5O. The van der Waals surface area contributed by atoms with E-state index in [1.165, 1.54) is 0 Å². The highest BCUT2D eigenvalue weighted by Crippen LogP contribution is 2.21. The van der Waals surface area contributed by atoms with E-state index in [1.54, 1.807) is 0 Å². The number of nitrogens with one attached hydrogen (secondary N) is 3. The lowest BCUT2D eigenvalue weighted by atomic mass is 10.2. The van der Waals surface area contributed by atoms with Crippen LogP contribution < -0.4 is 16.0 Å². The summed E-state index contributed by atoms with van der Waals surface area (Å²) in [5.74, 6) is 1.20.